The van der Waals surface area contributed by atoms with Crippen molar-refractivity contribution in [2.24, 2.45) is 0 Å². The van der Waals surface area contributed by atoms with Gasteiger partial charge in [-0.15, -0.1) is 0 Å². The maximum absolute atomic E-state index is 12.6. The molecular weight excluding hydrogens is 315 g/mol. The smallest absolute Gasteiger partial charge is 0.310 e. The molecule has 0 saturated carbocycles. The van der Waals surface area contributed by atoms with Gasteiger partial charge in [0.25, 0.3) is 5.91 Å². The van der Waals surface area contributed by atoms with Gasteiger partial charge in [-0.1, -0.05) is 29.7 Å². The molecule has 2 N–H and O–H groups in total. The molecule has 0 spiro atoms. The van der Waals surface area contributed by atoms with Gasteiger partial charge in [0, 0.05) is 23.0 Å². The third kappa shape index (κ3) is 3.74. The van der Waals surface area contributed by atoms with Crippen LogP contribution in [0.25, 0.3) is 10.9 Å². The molecule has 0 fully saturated rings. The lowest BCUT2D eigenvalue weighted by Crippen LogP contribution is -2.17. The Kier molecular flexibility index (Phi) is 4.88. The second-order valence-electron chi connectivity index (χ2n) is 5.60. The Balaban J connectivity index is 1.83. The van der Waals surface area contributed by atoms with Gasteiger partial charge in [0.05, 0.1) is 13.0 Å². The molecule has 2 radical (unpaired) electrons. The van der Waals surface area contributed by atoms with Crippen molar-refractivity contribution in [1.82, 2.24) is 4.98 Å². The fourth-order valence-corrected chi connectivity index (χ4v) is 2.69. The Morgan fingerprint density at radius 2 is 2.00 bits per heavy atom. The van der Waals surface area contributed by atoms with Gasteiger partial charge in [-0.05, 0) is 36.1 Å². The topological polar surface area (TPSA) is 71.2 Å². The van der Waals surface area contributed by atoms with Gasteiger partial charge in [-0.25, -0.2) is 0 Å². The van der Waals surface area contributed by atoms with Crippen LogP contribution in [0.1, 0.15) is 22.8 Å². The van der Waals surface area contributed by atoms with E-state index in [4.69, 9.17) is 12.6 Å². The zero-order chi connectivity index (χ0) is 17.8. The van der Waals surface area contributed by atoms with E-state index in [0.717, 1.165) is 10.9 Å². The lowest BCUT2D eigenvalue weighted by molar-refractivity contribution is -0.142. The number of hydrogen-bond acceptors (Lipinski definition) is 3. The molecule has 0 atom stereocenters. The summed E-state index contributed by atoms with van der Waals surface area (Å²) < 4.78 is 4.97. The van der Waals surface area contributed by atoms with Crippen LogP contribution in [0.5, 0.6) is 0 Å². The number of benzene rings is 2. The fourth-order valence-electron chi connectivity index (χ4n) is 2.69. The number of nitrogens with one attached hydrogen (secondary N) is 2. The monoisotopic (exact) mass is 332 g/mol. The zero-order valence-corrected chi connectivity index (χ0v) is 13.8. The number of carbonyl (C=O) groups excluding carboxylic acids is 2. The minimum Gasteiger partial charge on any atom is -0.466 e. The number of H-pyrrole nitrogens is 1. The summed E-state index contributed by atoms with van der Waals surface area (Å²) in [6.07, 6.45) is 1.87. The molecule has 0 aliphatic heterocycles. The fraction of sp³-hybridized carbons (Fsp3) is 0.158. The molecule has 1 amide bonds. The molecule has 2 aromatic carbocycles. The Morgan fingerprint density at radius 1 is 1.20 bits per heavy atom. The maximum Gasteiger partial charge on any atom is 0.310 e. The van der Waals surface area contributed by atoms with Gasteiger partial charge >= 0.3 is 5.97 Å². The molecular formula is C19H17BN2O3. The van der Waals surface area contributed by atoms with Crippen LogP contribution in [0.2, 0.25) is 0 Å². The zero-order valence-electron chi connectivity index (χ0n) is 13.8. The number of fused-ring (bicyclic) bond motifs is 1. The summed E-state index contributed by atoms with van der Waals surface area (Å²) in [5.41, 5.74) is 3.04. The summed E-state index contributed by atoms with van der Waals surface area (Å²) in [6, 6.07) is 12.4. The largest absolute Gasteiger partial charge is 0.466 e. The van der Waals surface area contributed by atoms with Crippen molar-refractivity contribution in [3.8, 4) is 0 Å². The summed E-state index contributed by atoms with van der Waals surface area (Å²) in [6.45, 7) is 2.08. The number of hydrogen-bond donors (Lipinski definition) is 2. The molecule has 124 valence electrons. The number of anilines is 1. The molecule has 0 unspecified atom stereocenters. The van der Waals surface area contributed by atoms with Crippen LogP contribution in [0.4, 0.5) is 5.69 Å². The lowest BCUT2D eigenvalue weighted by Gasteiger charge is -2.11. The molecule has 25 heavy (non-hydrogen) atoms. The van der Waals surface area contributed by atoms with Crippen molar-refractivity contribution >= 4 is 41.8 Å². The third-order valence-corrected chi connectivity index (χ3v) is 3.87. The van der Waals surface area contributed by atoms with Gasteiger partial charge in [0.15, 0.2) is 0 Å². The molecule has 3 aromatic rings. The Hall–Kier alpha value is -3.02. The molecule has 1 aromatic heterocycles. The van der Waals surface area contributed by atoms with Crippen LogP contribution in [0, 0.1) is 0 Å². The SMILES string of the molecule is [B]c1cc(C(=O)Nc2ccccc2CC(=O)OCC)cc2[nH]ccc12. The highest BCUT2D eigenvalue weighted by Crippen LogP contribution is 2.18. The van der Waals surface area contributed by atoms with Crippen LogP contribution in [0.3, 0.4) is 0 Å². The quantitative estimate of drug-likeness (QED) is 0.556. The summed E-state index contributed by atoms with van der Waals surface area (Å²) in [5, 5.41) is 3.72. The maximum atomic E-state index is 12.6. The Labute approximate surface area is 146 Å². The van der Waals surface area contributed by atoms with Crippen LogP contribution in [-0.4, -0.2) is 31.3 Å². The number of para-hydroxylation sites is 1. The van der Waals surface area contributed by atoms with Crippen molar-refractivity contribution in [2.75, 3.05) is 11.9 Å². The van der Waals surface area contributed by atoms with E-state index in [1.165, 1.54) is 0 Å². The second kappa shape index (κ2) is 7.26. The van der Waals surface area contributed by atoms with E-state index in [9.17, 15) is 9.59 Å². The molecule has 0 bridgehead atoms. The Morgan fingerprint density at radius 3 is 2.80 bits per heavy atom. The third-order valence-electron chi connectivity index (χ3n) is 3.87. The van der Waals surface area contributed by atoms with Crippen molar-refractivity contribution in [3.63, 3.8) is 0 Å². The molecule has 3 rings (SSSR count). The number of carbonyl (C=O) groups is 2. The Bertz CT molecular complexity index is 933. The van der Waals surface area contributed by atoms with Crippen LogP contribution >= 0.6 is 0 Å². The first kappa shape index (κ1) is 16.8. The van der Waals surface area contributed by atoms with Crippen molar-refractivity contribution in [3.05, 3.63) is 59.8 Å². The van der Waals surface area contributed by atoms with Crippen molar-refractivity contribution < 1.29 is 14.3 Å². The number of ether oxygens (including phenoxy) is 1. The number of aromatic amines is 1. The van der Waals surface area contributed by atoms with Gasteiger partial charge in [0.1, 0.15) is 7.85 Å². The number of rotatable bonds is 5. The minimum absolute atomic E-state index is 0.0993. The number of aromatic nitrogens is 1. The molecule has 0 aliphatic carbocycles. The van der Waals surface area contributed by atoms with E-state index in [2.05, 4.69) is 10.3 Å². The summed E-state index contributed by atoms with van der Waals surface area (Å²) >= 11 is 0. The van der Waals surface area contributed by atoms with E-state index in [1.54, 1.807) is 43.5 Å². The van der Waals surface area contributed by atoms with Crippen LogP contribution in [0.15, 0.2) is 48.7 Å². The summed E-state index contributed by atoms with van der Waals surface area (Å²) in [7, 11) is 6.00. The summed E-state index contributed by atoms with van der Waals surface area (Å²) in [5.74, 6) is -0.624. The predicted octanol–water partition coefficient (Wildman–Crippen LogP) is 2.32. The number of esters is 1. The molecule has 0 saturated heterocycles. The average molecular weight is 332 g/mol. The van der Waals surface area contributed by atoms with Crippen molar-refractivity contribution in [2.45, 2.75) is 13.3 Å². The van der Waals surface area contributed by atoms with Gasteiger partial charge in [0.2, 0.25) is 0 Å². The minimum atomic E-state index is -0.332. The van der Waals surface area contributed by atoms with E-state index >= 15 is 0 Å². The highest BCUT2D eigenvalue weighted by molar-refractivity contribution is 6.39. The predicted molar refractivity (Wildman–Crippen MR) is 98.4 cm³/mol. The first-order valence-electron chi connectivity index (χ1n) is 8.00. The van der Waals surface area contributed by atoms with Crippen LogP contribution < -0.4 is 10.8 Å². The average Bonchev–Trinajstić information content (AvgIpc) is 3.06. The van der Waals surface area contributed by atoms with Gasteiger partial charge < -0.3 is 15.0 Å². The van der Waals surface area contributed by atoms with Gasteiger partial charge in [-0.2, -0.15) is 0 Å². The molecule has 1 heterocycles. The second-order valence-corrected chi connectivity index (χ2v) is 5.60. The van der Waals surface area contributed by atoms with E-state index in [-0.39, 0.29) is 18.3 Å². The van der Waals surface area contributed by atoms with E-state index < -0.39 is 0 Å². The first-order chi connectivity index (χ1) is 12.1. The number of amides is 1. The molecule has 0 aliphatic rings. The first-order valence-corrected chi connectivity index (χ1v) is 8.00. The van der Waals surface area contributed by atoms with E-state index in [1.807, 2.05) is 12.1 Å². The van der Waals surface area contributed by atoms with Crippen LogP contribution in [-0.2, 0) is 16.0 Å². The lowest BCUT2D eigenvalue weighted by atomic mass is 9.90. The standard InChI is InChI=1S/C19H17BN2O3/c1-2-25-18(23)11-12-5-3-4-6-16(12)22-19(24)13-9-15(20)14-7-8-21-17(14)10-13/h3-10,21H,2,11H2,1H3,(H,22,24). The summed E-state index contributed by atoms with van der Waals surface area (Å²) in [4.78, 5) is 27.4. The molecule has 6 heteroatoms. The van der Waals surface area contributed by atoms with E-state index in [0.29, 0.717) is 28.9 Å². The molecule has 5 nitrogen and oxygen atoms in total. The normalized spacial score (nSPS) is 10.6. The highest BCUT2D eigenvalue weighted by Gasteiger charge is 2.13. The van der Waals surface area contributed by atoms with Gasteiger partial charge in [-0.3, -0.25) is 9.59 Å². The van der Waals surface area contributed by atoms with Crippen molar-refractivity contribution in [1.29, 1.82) is 0 Å². The highest BCUT2D eigenvalue weighted by atomic mass is 16.5.